The number of hydrogen-bond donors (Lipinski definition) is 3. The normalized spacial score (nSPS) is 12.1. The predicted octanol–water partition coefficient (Wildman–Crippen LogP) is 0.610. The van der Waals surface area contributed by atoms with Gasteiger partial charge >= 0.3 is 0 Å². The fourth-order valence-electron chi connectivity index (χ4n) is 1.82. The van der Waals surface area contributed by atoms with Crippen molar-refractivity contribution in [2.24, 2.45) is 5.73 Å². The molecule has 106 valence electrons. The lowest BCUT2D eigenvalue weighted by molar-refractivity contribution is -0.122. The van der Waals surface area contributed by atoms with E-state index in [4.69, 9.17) is 5.73 Å². The van der Waals surface area contributed by atoms with Crippen LogP contribution >= 0.6 is 0 Å². The van der Waals surface area contributed by atoms with Gasteiger partial charge < -0.3 is 11.1 Å². The molecule has 0 spiro atoms. The van der Waals surface area contributed by atoms with Gasteiger partial charge in [0.15, 0.2) is 0 Å². The minimum atomic E-state index is -0.432. The van der Waals surface area contributed by atoms with Gasteiger partial charge in [-0.05, 0) is 17.2 Å². The molecule has 1 heterocycles. The van der Waals surface area contributed by atoms with Crippen LogP contribution in [0.25, 0.3) is 11.4 Å². The Bertz CT molecular complexity index is 536. The van der Waals surface area contributed by atoms with Gasteiger partial charge in [0.2, 0.25) is 11.7 Å². The molecule has 1 aromatic heterocycles. The van der Waals surface area contributed by atoms with E-state index in [0.29, 0.717) is 18.8 Å². The van der Waals surface area contributed by atoms with Crippen molar-refractivity contribution in [3.8, 4) is 11.4 Å². The van der Waals surface area contributed by atoms with E-state index in [9.17, 15) is 4.79 Å². The molecule has 1 amide bonds. The Balaban J connectivity index is 1.90. The van der Waals surface area contributed by atoms with Gasteiger partial charge in [-0.25, -0.2) is 0 Å². The maximum atomic E-state index is 11.7. The van der Waals surface area contributed by atoms with E-state index in [1.807, 2.05) is 31.2 Å². The summed E-state index contributed by atoms with van der Waals surface area (Å²) >= 11 is 0. The number of nitrogens with zero attached hydrogens (tertiary/aromatic N) is 3. The van der Waals surface area contributed by atoms with Gasteiger partial charge in [-0.1, -0.05) is 37.6 Å². The highest BCUT2D eigenvalue weighted by atomic mass is 16.2. The second kappa shape index (κ2) is 6.76. The Kier molecular flexibility index (Phi) is 4.78. The SMILES string of the molecule is CCCC(N)C(=O)NCc1ccc(-c2nn[nH]n2)cc1. The third-order valence-electron chi connectivity index (χ3n) is 2.96. The average molecular weight is 274 g/mol. The van der Waals surface area contributed by atoms with Crippen molar-refractivity contribution < 1.29 is 4.79 Å². The highest BCUT2D eigenvalue weighted by Gasteiger charge is 2.11. The predicted molar refractivity (Wildman–Crippen MR) is 74.3 cm³/mol. The zero-order valence-electron chi connectivity index (χ0n) is 11.3. The van der Waals surface area contributed by atoms with Gasteiger partial charge in [0, 0.05) is 12.1 Å². The zero-order chi connectivity index (χ0) is 14.4. The minimum Gasteiger partial charge on any atom is -0.351 e. The number of aromatic nitrogens is 4. The van der Waals surface area contributed by atoms with Gasteiger partial charge in [-0.2, -0.15) is 5.21 Å². The van der Waals surface area contributed by atoms with E-state index in [0.717, 1.165) is 17.5 Å². The van der Waals surface area contributed by atoms with Crippen LogP contribution in [-0.4, -0.2) is 32.6 Å². The molecule has 1 unspecified atom stereocenters. The summed E-state index contributed by atoms with van der Waals surface area (Å²) in [7, 11) is 0. The van der Waals surface area contributed by atoms with Crippen LogP contribution in [0.5, 0.6) is 0 Å². The second-order valence-electron chi connectivity index (χ2n) is 4.55. The molecule has 2 aromatic rings. The summed E-state index contributed by atoms with van der Waals surface area (Å²) in [6, 6.07) is 7.17. The van der Waals surface area contributed by atoms with Crippen LogP contribution in [0.4, 0.5) is 0 Å². The van der Waals surface area contributed by atoms with E-state index in [-0.39, 0.29) is 5.91 Å². The number of hydrogen-bond acceptors (Lipinski definition) is 5. The highest BCUT2D eigenvalue weighted by molar-refractivity contribution is 5.81. The topological polar surface area (TPSA) is 110 Å². The molecule has 1 aromatic carbocycles. The summed E-state index contributed by atoms with van der Waals surface area (Å²) in [6.07, 6.45) is 1.59. The molecular weight excluding hydrogens is 256 g/mol. The number of nitrogens with one attached hydrogen (secondary N) is 2. The molecule has 0 saturated carbocycles. The molecule has 7 heteroatoms. The fraction of sp³-hybridized carbons (Fsp3) is 0.385. The van der Waals surface area contributed by atoms with Gasteiger partial charge in [0.25, 0.3) is 0 Å². The van der Waals surface area contributed by atoms with E-state index in [2.05, 4.69) is 25.9 Å². The van der Waals surface area contributed by atoms with Crippen molar-refractivity contribution in [1.82, 2.24) is 25.9 Å². The summed E-state index contributed by atoms with van der Waals surface area (Å²) in [6.45, 7) is 2.46. The van der Waals surface area contributed by atoms with Gasteiger partial charge in [-0.15, -0.1) is 10.2 Å². The smallest absolute Gasteiger partial charge is 0.237 e. The summed E-state index contributed by atoms with van der Waals surface area (Å²) in [5, 5.41) is 16.5. The van der Waals surface area contributed by atoms with Gasteiger partial charge in [-0.3, -0.25) is 4.79 Å². The number of carbonyl (C=O) groups is 1. The van der Waals surface area contributed by atoms with E-state index < -0.39 is 6.04 Å². The number of amides is 1. The number of carbonyl (C=O) groups excluding carboxylic acids is 1. The third-order valence-corrected chi connectivity index (χ3v) is 2.96. The number of tetrazole rings is 1. The van der Waals surface area contributed by atoms with Crippen LogP contribution in [0.3, 0.4) is 0 Å². The van der Waals surface area contributed by atoms with Crippen LogP contribution in [0.1, 0.15) is 25.3 Å². The van der Waals surface area contributed by atoms with Crippen molar-refractivity contribution in [1.29, 1.82) is 0 Å². The van der Waals surface area contributed by atoms with Crippen LogP contribution in [0.15, 0.2) is 24.3 Å². The number of rotatable bonds is 6. The first-order chi connectivity index (χ1) is 9.70. The van der Waals surface area contributed by atoms with E-state index in [1.165, 1.54) is 0 Å². The van der Waals surface area contributed by atoms with E-state index >= 15 is 0 Å². The van der Waals surface area contributed by atoms with Crippen LogP contribution < -0.4 is 11.1 Å². The number of nitrogens with two attached hydrogens (primary N) is 1. The molecule has 0 aliphatic carbocycles. The molecule has 0 saturated heterocycles. The monoisotopic (exact) mass is 274 g/mol. The molecule has 0 radical (unpaired) electrons. The minimum absolute atomic E-state index is 0.117. The Morgan fingerprint density at radius 1 is 1.40 bits per heavy atom. The van der Waals surface area contributed by atoms with Crippen molar-refractivity contribution in [3.63, 3.8) is 0 Å². The van der Waals surface area contributed by atoms with Gasteiger partial charge in [0.05, 0.1) is 6.04 Å². The number of benzene rings is 1. The molecule has 2 rings (SSSR count). The molecule has 0 aliphatic rings. The largest absolute Gasteiger partial charge is 0.351 e. The Labute approximate surface area is 117 Å². The van der Waals surface area contributed by atoms with Crippen molar-refractivity contribution in [2.75, 3.05) is 0 Å². The van der Waals surface area contributed by atoms with E-state index in [1.54, 1.807) is 0 Å². The second-order valence-corrected chi connectivity index (χ2v) is 4.55. The van der Waals surface area contributed by atoms with Crippen molar-refractivity contribution in [3.05, 3.63) is 29.8 Å². The first kappa shape index (κ1) is 14.1. The standard InChI is InChI=1S/C13H18N6O/c1-2-3-11(14)13(20)15-8-9-4-6-10(7-5-9)12-16-18-19-17-12/h4-7,11H,2-3,8,14H2,1H3,(H,15,20)(H,16,17,18,19). The van der Waals surface area contributed by atoms with Crippen molar-refractivity contribution in [2.45, 2.75) is 32.4 Å². The fourth-order valence-corrected chi connectivity index (χ4v) is 1.82. The molecule has 1 atom stereocenters. The van der Waals surface area contributed by atoms with Crippen LogP contribution in [-0.2, 0) is 11.3 Å². The molecule has 0 fully saturated rings. The maximum absolute atomic E-state index is 11.7. The number of H-pyrrole nitrogens is 1. The van der Waals surface area contributed by atoms with Crippen LogP contribution in [0.2, 0.25) is 0 Å². The zero-order valence-corrected chi connectivity index (χ0v) is 11.3. The first-order valence-electron chi connectivity index (χ1n) is 6.56. The Morgan fingerprint density at radius 2 is 2.15 bits per heavy atom. The lowest BCUT2D eigenvalue weighted by Gasteiger charge is -2.11. The van der Waals surface area contributed by atoms with Crippen LogP contribution in [0, 0.1) is 0 Å². The Hall–Kier alpha value is -2.28. The molecule has 7 nitrogen and oxygen atoms in total. The highest BCUT2D eigenvalue weighted by Crippen LogP contribution is 2.13. The molecule has 0 bridgehead atoms. The van der Waals surface area contributed by atoms with Gasteiger partial charge in [0.1, 0.15) is 0 Å². The summed E-state index contributed by atoms with van der Waals surface area (Å²) < 4.78 is 0. The molecule has 20 heavy (non-hydrogen) atoms. The lowest BCUT2D eigenvalue weighted by Crippen LogP contribution is -2.40. The summed E-state index contributed by atoms with van der Waals surface area (Å²) in [4.78, 5) is 11.7. The number of aromatic amines is 1. The summed E-state index contributed by atoms with van der Waals surface area (Å²) in [5.41, 5.74) is 7.61. The maximum Gasteiger partial charge on any atom is 0.237 e. The molecule has 4 N–H and O–H groups in total. The van der Waals surface area contributed by atoms with Crippen molar-refractivity contribution >= 4 is 5.91 Å². The molecular formula is C13H18N6O. The third kappa shape index (κ3) is 3.61. The average Bonchev–Trinajstić information content (AvgIpc) is 2.99. The first-order valence-corrected chi connectivity index (χ1v) is 6.56. The Morgan fingerprint density at radius 3 is 2.75 bits per heavy atom. The molecule has 0 aliphatic heterocycles. The summed E-state index contributed by atoms with van der Waals surface area (Å²) in [5.74, 6) is 0.430. The quantitative estimate of drug-likeness (QED) is 0.715. The lowest BCUT2D eigenvalue weighted by atomic mass is 10.1.